The van der Waals surface area contributed by atoms with Gasteiger partial charge in [0.15, 0.2) is 0 Å². The number of hydrogen-bond donors (Lipinski definition) is 1. The van der Waals surface area contributed by atoms with Gasteiger partial charge in [-0.1, -0.05) is 42.5 Å². The minimum Gasteiger partial charge on any atom is -0.336 e. The van der Waals surface area contributed by atoms with Crippen LogP contribution in [0.3, 0.4) is 0 Å². The number of nitrogens with one attached hydrogen (secondary N) is 1. The number of urea groups is 1. The third-order valence-electron chi connectivity index (χ3n) is 5.61. The van der Waals surface area contributed by atoms with E-state index in [-0.39, 0.29) is 23.9 Å². The number of nitrogens with zero attached hydrogens (tertiary/aromatic N) is 2. The van der Waals surface area contributed by atoms with Gasteiger partial charge in [-0.3, -0.25) is 4.79 Å². The van der Waals surface area contributed by atoms with E-state index >= 15 is 0 Å². The van der Waals surface area contributed by atoms with Crippen molar-refractivity contribution in [3.8, 4) is 0 Å². The number of piperidine rings is 1. The van der Waals surface area contributed by atoms with Gasteiger partial charge in [0, 0.05) is 43.7 Å². The predicted octanol–water partition coefficient (Wildman–Crippen LogP) is 4.65. The number of amides is 3. The number of hydrogen-bond acceptors (Lipinski definition) is 2. The lowest BCUT2D eigenvalue weighted by molar-refractivity contribution is 0.0752. The van der Waals surface area contributed by atoms with Gasteiger partial charge in [-0.15, -0.1) is 0 Å². The van der Waals surface area contributed by atoms with Crippen molar-refractivity contribution in [1.82, 2.24) is 15.1 Å². The molecule has 0 radical (unpaired) electrons. The van der Waals surface area contributed by atoms with Crippen molar-refractivity contribution in [3.05, 3.63) is 71.3 Å². The van der Waals surface area contributed by atoms with Crippen molar-refractivity contribution in [2.24, 2.45) is 0 Å². The summed E-state index contributed by atoms with van der Waals surface area (Å²) in [6.45, 7) is 8.70. The van der Waals surface area contributed by atoms with Crippen molar-refractivity contribution >= 4 is 11.9 Å². The Morgan fingerprint density at radius 3 is 2.60 bits per heavy atom. The lowest BCUT2D eigenvalue weighted by Gasteiger charge is -2.33. The number of carbonyl (C=O) groups excluding carboxylic acids is 2. The van der Waals surface area contributed by atoms with E-state index in [1.807, 2.05) is 79.1 Å². The molecule has 0 bridgehead atoms. The molecular weight excluding hydrogens is 374 g/mol. The number of likely N-dealkylation sites (tertiary alicyclic amines) is 1. The average molecular weight is 408 g/mol. The monoisotopic (exact) mass is 407 g/mol. The third-order valence-corrected chi connectivity index (χ3v) is 5.61. The molecule has 160 valence electrons. The summed E-state index contributed by atoms with van der Waals surface area (Å²) in [6.07, 6.45) is 2.01. The molecule has 30 heavy (non-hydrogen) atoms. The Labute approximate surface area is 180 Å². The quantitative estimate of drug-likeness (QED) is 0.758. The zero-order valence-corrected chi connectivity index (χ0v) is 18.3. The summed E-state index contributed by atoms with van der Waals surface area (Å²) in [5, 5.41) is 2.99. The van der Waals surface area contributed by atoms with Crippen molar-refractivity contribution in [3.63, 3.8) is 0 Å². The Morgan fingerprint density at radius 1 is 1.13 bits per heavy atom. The van der Waals surface area contributed by atoms with E-state index in [1.54, 1.807) is 0 Å². The van der Waals surface area contributed by atoms with Gasteiger partial charge in [-0.25, -0.2) is 4.79 Å². The van der Waals surface area contributed by atoms with Crippen LogP contribution in [0.25, 0.3) is 0 Å². The highest BCUT2D eigenvalue weighted by Gasteiger charge is 2.26. The van der Waals surface area contributed by atoms with Crippen molar-refractivity contribution in [2.45, 2.75) is 52.1 Å². The molecule has 1 atom stereocenters. The molecule has 0 aromatic heterocycles. The summed E-state index contributed by atoms with van der Waals surface area (Å²) in [4.78, 5) is 29.3. The van der Waals surface area contributed by atoms with Gasteiger partial charge < -0.3 is 15.1 Å². The normalized spacial score (nSPS) is 16.4. The standard InChI is InChI=1S/C25H33N3O2/c1-4-27(17-20-10-6-5-7-11-20)24(29)22-13-8-12-21(16-22)23-14-9-15-28(18-23)25(30)26-19(2)3/h5-8,10-13,16,19,23H,4,9,14-15,17-18H2,1-3H3,(H,26,30)/t23-/m0/s1. The highest BCUT2D eigenvalue weighted by molar-refractivity contribution is 5.94. The maximum atomic E-state index is 13.2. The lowest BCUT2D eigenvalue weighted by atomic mass is 9.89. The summed E-state index contributed by atoms with van der Waals surface area (Å²) in [5.74, 6) is 0.307. The molecule has 1 N–H and O–H groups in total. The van der Waals surface area contributed by atoms with Crippen LogP contribution < -0.4 is 5.32 Å². The van der Waals surface area contributed by atoms with Gasteiger partial charge in [0.05, 0.1) is 0 Å². The van der Waals surface area contributed by atoms with Crippen LogP contribution in [0.4, 0.5) is 4.79 Å². The van der Waals surface area contributed by atoms with E-state index in [0.717, 1.165) is 30.5 Å². The maximum absolute atomic E-state index is 13.2. The Bertz CT molecular complexity index is 850. The molecule has 1 heterocycles. The summed E-state index contributed by atoms with van der Waals surface area (Å²) in [6, 6.07) is 18.2. The summed E-state index contributed by atoms with van der Waals surface area (Å²) in [7, 11) is 0. The van der Waals surface area contributed by atoms with Crippen LogP contribution in [-0.2, 0) is 6.54 Å². The van der Waals surface area contributed by atoms with Gasteiger partial charge in [0.2, 0.25) is 0 Å². The SMILES string of the molecule is CCN(Cc1ccccc1)C(=O)c1cccc([C@H]2CCCN(C(=O)NC(C)C)C2)c1. The predicted molar refractivity (Wildman–Crippen MR) is 121 cm³/mol. The van der Waals surface area contributed by atoms with Gasteiger partial charge >= 0.3 is 6.03 Å². The fourth-order valence-corrected chi connectivity index (χ4v) is 4.01. The molecule has 0 spiro atoms. The van der Waals surface area contributed by atoms with E-state index < -0.39 is 0 Å². The van der Waals surface area contributed by atoms with Crippen LogP contribution in [0.1, 0.15) is 61.0 Å². The largest absolute Gasteiger partial charge is 0.336 e. The van der Waals surface area contributed by atoms with Crippen molar-refractivity contribution < 1.29 is 9.59 Å². The molecule has 1 aliphatic heterocycles. The molecule has 0 saturated carbocycles. The maximum Gasteiger partial charge on any atom is 0.317 e. The Balaban J connectivity index is 1.71. The molecule has 5 heteroatoms. The molecule has 5 nitrogen and oxygen atoms in total. The molecule has 3 rings (SSSR count). The number of rotatable bonds is 6. The second-order valence-corrected chi connectivity index (χ2v) is 8.32. The molecule has 1 aliphatic rings. The van der Waals surface area contributed by atoms with Crippen LogP contribution in [0.2, 0.25) is 0 Å². The number of carbonyl (C=O) groups is 2. The Hall–Kier alpha value is -2.82. The first-order valence-corrected chi connectivity index (χ1v) is 11.0. The first-order chi connectivity index (χ1) is 14.5. The van der Waals surface area contributed by atoms with Gasteiger partial charge in [0.25, 0.3) is 5.91 Å². The van der Waals surface area contributed by atoms with E-state index in [9.17, 15) is 9.59 Å². The van der Waals surface area contributed by atoms with E-state index in [1.165, 1.54) is 0 Å². The first kappa shape index (κ1) is 21.9. The Morgan fingerprint density at radius 2 is 1.90 bits per heavy atom. The van der Waals surface area contributed by atoms with Crippen molar-refractivity contribution in [1.29, 1.82) is 0 Å². The van der Waals surface area contributed by atoms with Gasteiger partial charge in [-0.05, 0) is 56.9 Å². The molecule has 1 fully saturated rings. The zero-order chi connectivity index (χ0) is 21.5. The summed E-state index contributed by atoms with van der Waals surface area (Å²) >= 11 is 0. The molecule has 3 amide bonds. The van der Waals surface area contributed by atoms with Crippen LogP contribution in [0, 0.1) is 0 Å². The lowest BCUT2D eigenvalue weighted by Crippen LogP contribution is -2.47. The molecule has 2 aromatic carbocycles. The van der Waals surface area contributed by atoms with Crippen LogP contribution >= 0.6 is 0 Å². The first-order valence-electron chi connectivity index (χ1n) is 11.0. The van der Waals surface area contributed by atoms with Crippen LogP contribution in [0.15, 0.2) is 54.6 Å². The highest BCUT2D eigenvalue weighted by atomic mass is 16.2. The van der Waals surface area contributed by atoms with Crippen LogP contribution in [-0.4, -0.2) is 47.4 Å². The van der Waals surface area contributed by atoms with E-state index in [0.29, 0.717) is 25.2 Å². The van der Waals surface area contributed by atoms with Gasteiger partial charge in [-0.2, -0.15) is 0 Å². The zero-order valence-electron chi connectivity index (χ0n) is 18.3. The molecule has 0 unspecified atom stereocenters. The number of benzene rings is 2. The minimum absolute atomic E-state index is 0.00181. The minimum atomic E-state index is 0.00181. The molecular formula is C25H33N3O2. The molecule has 1 saturated heterocycles. The fraction of sp³-hybridized carbons (Fsp3) is 0.440. The molecule has 2 aromatic rings. The van der Waals surface area contributed by atoms with Crippen molar-refractivity contribution in [2.75, 3.05) is 19.6 Å². The fourth-order valence-electron chi connectivity index (χ4n) is 4.01. The van der Waals surface area contributed by atoms with Gasteiger partial charge in [0.1, 0.15) is 0 Å². The second-order valence-electron chi connectivity index (χ2n) is 8.32. The second kappa shape index (κ2) is 10.3. The summed E-state index contributed by atoms with van der Waals surface area (Å²) in [5.41, 5.74) is 2.98. The van der Waals surface area contributed by atoms with Crippen LogP contribution in [0.5, 0.6) is 0 Å². The highest BCUT2D eigenvalue weighted by Crippen LogP contribution is 2.28. The topological polar surface area (TPSA) is 52.7 Å². The Kier molecular flexibility index (Phi) is 7.50. The van der Waals surface area contributed by atoms with E-state index in [4.69, 9.17) is 0 Å². The third kappa shape index (κ3) is 5.62. The molecule has 0 aliphatic carbocycles. The van der Waals surface area contributed by atoms with E-state index in [2.05, 4.69) is 11.4 Å². The smallest absolute Gasteiger partial charge is 0.317 e. The summed E-state index contributed by atoms with van der Waals surface area (Å²) < 4.78 is 0. The average Bonchev–Trinajstić information content (AvgIpc) is 2.77.